The molecule has 0 aromatic heterocycles. The van der Waals surface area contributed by atoms with Gasteiger partial charge in [-0.2, -0.15) is 0 Å². The Kier molecular flexibility index (Phi) is 14.6. The van der Waals surface area contributed by atoms with Crippen LogP contribution in [0, 0.1) is 0 Å². The van der Waals surface area contributed by atoms with Crippen molar-refractivity contribution in [3.63, 3.8) is 0 Å². The Labute approximate surface area is 98.3 Å². The molecule has 0 heterocycles. The standard InChI is InChI=1S/C9H20O4.C2H6O/c1-7(11)5-12-9(3)6-13-8(2)4-10;1-3-2/h7-11H,4-6H2,1-3H3;1-2H3. The van der Waals surface area contributed by atoms with Crippen LogP contribution >= 0.6 is 0 Å². The van der Waals surface area contributed by atoms with E-state index in [1.54, 1.807) is 28.1 Å². The SMILES string of the molecule is CC(O)COC(C)COC(C)CO.COC. The zero-order chi connectivity index (χ0) is 13.0. The first-order chi connectivity index (χ1) is 7.47. The van der Waals surface area contributed by atoms with Crippen molar-refractivity contribution in [2.24, 2.45) is 0 Å². The topological polar surface area (TPSA) is 68.2 Å². The highest BCUT2D eigenvalue weighted by Crippen LogP contribution is 1.97. The van der Waals surface area contributed by atoms with E-state index in [-0.39, 0.29) is 18.8 Å². The fourth-order valence-electron chi connectivity index (χ4n) is 0.704. The van der Waals surface area contributed by atoms with E-state index in [0.717, 1.165) is 0 Å². The molecule has 0 aromatic rings. The van der Waals surface area contributed by atoms with Gasteiger partial charge >= 0.3 is 0 Å². The van der Waals surface area contributed by atoms with E-state index in [1.165, 1.54) is 0 Å². The molecule has 100 valence electrons. The minimum Gasteiger partial charge on any atom is -0.394 e. The van der Waals surface area contributed by atoms with E-state index in [2.05, 4.69) is 4.74 Å². The average Bonchev–Trinajstić information content (AvgIpc) is 2.24. The lowest BCUT2D eigenvalue weighted by Crippen LogP contribution is -2.24. The molecule has 16 heavy (non-hydrogen) atoms. The summed E-state index contributed by atoms with van der Waals surface area (Å²) in [5.74, 6) is 0. The van der Waals surface area contributed by atoms with Gasteiger partial charge in [0.15, 0.2) is 0 Å². The Bertz CT molecular complexity index is 130. The molecule has 3 atom stereocenters. The van der Waals surface area contributed by atoms with E-state index >= 15 is 0 Å². The predicted molar refractivity (Wildman–Crippen MR) is 62.5 cm³/mol. The number of hydrogen-bond donors (Lipinski definition) is 2. The lowest BCUT2D eigenvalue weighted by Gasteiger charge is -2.16. The highest BCUT2D eigenvalue weighted by atomic mass is 16.5. The smallest absolute Gasteiger partial charge is 0.0781 e. The summed E-state index contributed by atoms with van der Waals surface area (Å²) in [5, 5.41) is 17.6. The molecule has 0 aliphatic carbocycles. The average molecular weight is 238 g/mol. The molecule has 0 spiro atoms. The molecule has 0 saturated carbocycles. The molecule has 0 amide bonds. The van der Waals surface area contributed by atoms with Gasteiger partial charge in [0, 0.05) is 14.2 Å². The number of aliphatic hydroxyl groups excluding tert-OH is 2. The van der Waals surface area contributed by atoms with E-state index < -0.39 is 6.10 Å². The van der Waals surface area contributed by atoms with Gasteiger partial charge in [0.2, 0.25) is 0 Å². The molecule has 0 bridgehead atoms. The fourth-order valence-corrected chi connectivity index (χ4v) is 0.704. The van der Waals surface area contributed by atoms with Crippen LogP contribution in [0.4, 0.5) is 0 Å². The molecule has 0 aliphatic heterocycles. The molecule has 3 unspecified atom stereocenters. The maximum Gasteiger partial charge on any atom is 0.0781 e. The molecule has 0 aliphatic rings. The molecular formula is C11H26O5. The Morgan fingerprint density at radius 2 is 1.38 bits per heavy atom. The van der Waals surface area contributed by atoms with Gasteiger partial charge in [-0.05, 0) is 20.8 Å². The summed E-state index contributed by atoms with van der Waals surface area (Å²) in [7, 11) is 3.25. The molecule has 2 N–H and O–H groups in total. The van der Waals surface area contributed by atoms with Gasteiger partial charge < -0.3 is 24.4 Å². The molecule has 0 radical (unpaired) electrons. The van der Waals surface area contributed by atoms with Crippen LogP contribution < -0.4 is 0 Å². The van der Waals surface area contributed by atoms with Crippen molar-refractivity contribution in [1.29, 1.82) is 0 Å². The molecule has 0 rings (SSSR count). The van der Waals surface area contributed by atoms with Crippen LogP contribution in [0.25, 0.3) is 0 Å². The predicted octanol–water partition coefficient (Wildman–Crippen LogP) is 0.432. The van der Waals surface area contributed by atoms with Crippen LogP contribution in [0.15, 0.2) is 0 Å². The largest absolute Gasteiger partial charge is 0.394 e. The molecule has 0 saturated heterocycles. The van der Waals surface area contributed by atoms with E-state index in [9.17, 15) is 0 Å². The van der Waals surface area contributed by atoms with Crippen molar-refractivity contribution in [2.45, 2.75) is 39.1 Å². The lowest BCUT2D eigenvalue weighted by molar-refractivity contribution is -0.0620. The number of ether oxygens (including phenoxy) is 3. The monoisotopic (exact) mass is 238 g/mol. The van der Waals surface area contributed by atoms with Crippen LogP contribution in [0.3, 0.4) is 0 Å². The van der Waals surface area contributed by atoms with Crippen molar-refractivity contribution < 1.29 is 24.4 Å². The number of aliphatic hydroxyl groups is 2. The van der Waals surface area contributed by atoms with Gasteiger partial charge in [0.25, 0.3) is 0 Å². The van der Waals surface area contributed by atoms with E-state index in [1.807, 2.05) is 6.92 Å². The summed E-state index contributed by atoms with van der Waals surface area (Å²) in [4.78, 5) is 0. The van der Waals surface area contributed by atoms with Crippen molar-refractivity contribution in [2.75, 3.05) is 34.0 Å². The molecule has 0 aromatic carbocycles. The van der Waals surface area contributed by atoms with E-state index in [4.69, 9.17) is 19.7 Å². The quantitative estimate of drug-likeness (QED) is 0.673. The summed E-state index contributed by atoms with van der Waals surface area (Å²) >= 11 is 0. The second kappa shape index (κ2) is 12.9. The van der Waals surface area contributed by atoms with Gasteiger partial charge in [0.05, 0.1) is 38.1 Å². The zero-order valence-electron chi connectivity index (χ0n) is 11.0. The van der Waals surface area contributed by atoms with Crippen LogP contribution in [0.5, 0.6) is 0 Å². The first-order valence-electron chi connectivity index (χ1n) is 5.40. The zero-order valence-corrected chi connectivity index (χ0v) is 11.0. The van der Waals surface area contributed by atoms with Gasteiger partial charge in [0.1, 0.15) is 0 Å². The number of rotatable bonds is 7. The molecule has 5 nitrogen and oxygen atoms in total. The Balaban J connectivity index is 0. The van der Waals surface area contributed by atoms with Crippen molar-refractivity contribution in [3.05, 3.63) is 0 Å². The second-order valence-corrected chi connectivity index (χ2v) is 3.73. The van der Waals surface area contributed by atoms with Gasteiger partial charge in [-0.3, -0.25) is 0 Å². The number of methoxy groups -OCH3 is 1. The van der Waals surface area contributed by atoms with Crippen LogP contribution in [0.1, 0.15) is 20.8 Å². The van der Waals surface area contributed by atoms with Crippen molar-refractivity contribution in [3.8, 4) is 0 Å². The van der Waals surface area contributed by atoms with Crippen LogP contribution in [-0.2, 0) is 14.2 Å². The number of hydrogen-bond acceptors (Lipinski definition) is 5. The maximum absolute atomic E-state index is 8.92. The fraction of sp³-hybridized carbons (Fsp3) is 1.00. The van der Waals surface area contributed by atoms with E-state index in [0.29, 0.717) is 13.2 Å². The Morgan fingerprint density at radius 1 is 0.938 bits per heavy atom. The summed E-state index contributed by atoms with van der Waals surface area (Å²) in [6.07, 6.45) is -0.654. The molecule has 5 heteroatoms. The van der Waals surface area contributed by atoms with Crippen molar-refractivity contribution >= 4 is 0 Å². The molecule has 0 fully saturated rings. The van der Waals surface area contributed by atoms with Crippen molar-refractivity contribution in [1.82, 2.24) is 0 Å². The minimum atomic E-state index is -0.447. The van der Waals surface area contributed by atoms with Gasteiger partial charge in [-0.25, -0.2) is 0 Å². The van der Waals surface area contributed by atoms with Gasteiger partial charge in [-0.15, -0.1) is 0 Å². The normalized spacial score (nSPS) is 15.9. The third-order valence-corrected chi connectivity index (χ3v) is 1.49. The van der Waals surface area contributed by atoms with Gasteiger partial charge in [-0.1, -0.05) is 0 Å². The molecular weight excluding hydrogens is 212 g/mol. The third kappa shape index (κ3) is 16.2. The highest BCUT2D eigenvalue weighted by molar-refractivity contribution is 4.52. The highest BCUT2D eigenvalue weighted by Gasteiger charge is 2.06. The summed E-state index contributed by atoms with van der Waals surface area (Å²) < 4.78 is 14.7. The Hall–Kier alpha value is -0.200. The Morgan fingerprint density at radius 3 is 1.75 bits per heavy atom. The second-order valence-electron chi connectivity index (χ2n) is 3.73. The summed E-state index contributed by atoms with van der Waals surface area (Å²) in [6.45, 7) is 6.10. The maximum atomic E-state index is 8.92. The van der Waals surface area contributed by atoms with Crippen LogP contribution in [0.2, 0.25) is 0 Å². The summed E-state index contributed by atoms with van der Waals surface area (Å²) in [5.41, 5.74) is 0. The third-order valence-electron chi connectivity index (χ3n) is 1.49. The lowest BCUT2D eigenvalue weighted by atomic mass is 10.4. The minimum absolute atomic E-state index is 0.0170. The first kappa shape index (κ1) is 18.2. The first-order valence-corrected chi connectivity index (χ1v) is 5.40. The van der Waals surface area contributed by atoms with Crippen LogP contribution in [-0.4, -0.2) is 62.6 Å². The summed E-state index contributed by atoms with van der Waals surface area (Å²) in [6, 6.07) is 0.